The van der Waals surface area contributed by atoms with E-state index in [1.54, 1.807) is 26.0 Å². The molecule has 0 bridgehead atoms. The topological polar surface area (TPSA) is 95.6 Å². The fourth-order valence-electron chi connectivity index (χ4n) is 2.51. The molecule has 0 fully saturated rings. The number of amides is 2. The van der Waals surface area contributed by atoms with Crippen molar-refractivity contribution in [2.75, 3.05) is 13.1 Å². The van der Waals surface area contributed by atoms with E-state index in [1.165, 1.54) is 40.7 Å². The third kappa shape index (κ3) is 5.72. The Hall–Kier alpha value is -3.04. The quantitative estimate of drug-likeness (QED) is 0.532. The molecule has 154 valence electrons. The molecule has 0 heterocycles. The van der Waals surface area contributed by atoms with E-state index in [4.69, 9.17) is 0 Å². The highest BCUT2D eigenvalue weighted by atomic mass is 32.2. The Labute approximate surface area is 169 Å². The van der Waals surface area contributed by atoms with Gasteiger partial charge in [0.05, 0.1) is 10.5 Å². The third-order valence-corrected chi connectivity index (χ3v) is 6.13. The first-order chi connectivity index (χ1) is 13.8. The molecule has 0 spiro atoms. The van der Waals surface area contributed by atoms with Crippen LogP contribution in [0.5, 0.6) is 0 Å². The van der Waals surface area contributed by atoms with Crippen LogP contribution in [0.4, 0.5) is 4.39 Å². The minimum absolute atomic E-state index is 0.167. The van der Waals surface area contributed by atoms with E-state index in [0.29, 0.717) is 18.7 Å². The fourth-order valence-corrected chi connectivity index (χ4v) is 3.97. The summed E-state index contributed by atoms with van der Waals surface area (Å²) in [6.45, 7) is 4.28. The Morgan fingerprint density at radius 1 is 1.00 bits per heavy atom. The molecule has 9 heteroatoms. The van der Waals surface area contributed by atoms with Crippen LogP contribution < -0.4 is 10.9 Å². The summed E-state index contributed by atoms with van der Waals surface area (Å²) in [5.41, 5.74) is 4.67. The van der Waals surface area contributed by atoms with Crippen molar-refractivity contribution in [3.8, 4) is 0 Å². The lowest BCUT2D eigenvalue weighted by molar-refractivity contribution is -0.117. The second-order valence-corrected chi connectivity index (χ2v) is 7.85. The van der Waals surface area contributed by atoms with Gasteiger partial charge >= 0.3 is 0 Å². The van der Waals surface area contributed by atoms with Crippen LogP contribution in [0, 0.1) is 5.82 Å². The molecule has 0 aliphatic heterocycles. The van der Waals surface area contributed by atoms with Crippen molar-refractivity contribution < 1.29 is 22.4 Å². The number of carbonyl (C=O) groups is 2. The largest absolute Gasteiger partial charge is 0.272 e. The summed E-state index contributed by atoms with van der Waals surface area (Å²) in [5, 5.41) is 0. The predicted molar refractivity (Wildman–Crippen MR) is 108 cm³/mol. The molecular formula is C20H22FN3O4S. The van der Waals surface area contributed by atoms with E-state index in [1.807, 2.05) is 0 Å². The van der Waals surface area contributed by atoms with E-state index in [2.05, 4.69) is 10.9 Å². The van der Waals surface area contributed by atoms with Gasteiger partial charge in [0.2, 0.25) is 10.0 Å². The second-order valence-electron chi connectivity index (χ2n) is 5.91. The van der Waals surface area contributed by atoms with Gasteiger partial charge in [-0.15, -0.1) is 0 Å². The molecule has 2 aromatic rings. The van der Waals surface area contributed by atoms with Crippen LogP contribution in [0.15, 0.2) is 59.5 Å². The zero-order valence-corrected chi connectivity index (χ0v) is 16.9. The number of hydrogen-bond acceptors (Lipinski definition) is 4. The summed E-state index contributed by atoms with van der Waals surface area (Å²) in [5.74, 6) is -2.11. The summed E-state index contributed by atoms with van der Waals surface area (Å²) in [7, 11) is -3.55. The molecule has 2 aromatic carbocycles. The van der Waals surface area contributed by atoms with Crippen molar-refractivity contribution in [3.05, 3.63) is 71.6 Å². The fraction of sp³-hybridized carbons (Fsp3) is 0.200. The summed E-state index contributed by atoms with van der Waals surface area (Å²) >= 11 is 0. The van der Waals surface area contributed by atoms with Crippen LogP contribution >= 0.6 is 0 Å². The van der Waals surface area contributed by atoms with Crippen LogP contribution in [0.1, 0.15) is 29.8 Å². The van der Waals surface area contributed by atoms with Crippen molar-refractivity contribution in [1.29, 1.82) is 0 Å². The summed E-state index contributed by atoms with van der Waals surface area (Å²) in [6.07, 6.45) is 2.62. The number of benzene rings is 2. The molecular weight excluding hydrogens is 397 g/mol. The maximum atomic E-state index is 13.5. The molecule has 0 radical (unpaired) electrons. The predicted octanol–water partition coefficient (Wildman–Crippen LogP) is 2.33. The smallest absolute Gasteiger partial charge is 0.268 e. The SMILES string of the molecule is CCN(CC)S(=O)(=O)c1ccc(/C=C/C(=O)NNC(=O)c2ccccc2F)cc1. The molecule has 2 N–H and O–H groups in total. The van der Waals surface area contributed by atoms with Gasteiger partial charge in [-0.2, -0.15) is 4.31 Å². The minimum atomic E-state index is -3.55. The molecule has 0 aromatic heterocycles. The first-order valence-corrected chi connectivity index (χ1v) is 10.4. The van der Waals surface area contributed by atoms with Gasteiger partial charge in [0, 0.05) is 19.2 Å². The van der Waals surface area contributed by atoms with Gasteiger partial charge in [-0.05, 0) is 35.9 Å². The molecule has 2 rings (SSSR count). The third-order valence-electron chi connectivity index (χ3n) is 4.07. The van der Waals surface area contributed by atoms with Gasteiger partial charge in [-0.25, -0.2) is 12.8 Å². The number of nitrogens with one attached hydrogen (secondary N) is 2. The van der Waals surface area contributed by atoms with E-state index < -0.39 is 27.7 Å². The van der Waals surface area contributed by atoms with Gasteiger partial charge < -0.3 is 0 Å². The molecule has 0 aliphatic carbocycles. The summed E-state index contributed by atoms with van der Waals surface area (Å²) in [4.78, 5) is 23.8. The molecule has 7 nitrogen and oxygen atoms in total. The highest BCUT2D eigenvalue weighted by Gasteiger charge is 2.20. The van der Waals surface area contributed by atoms with Crippen molar-refractivity contribution in [2.24, 2.45) is 0 Å². The second kappa shape index (κ2) is 9.94. The van der Waals surface area contributed by atoms with Gasteiger partial charge in [-0.3, -0.25) is 20.4 Å². The first-order valence-electron chi connectivity index (χ1n) is 8.92. The zero-order valence-electron chi connectivity index (χ0n) is 16.1. The molecule has 0 aliphatic rings. The number of rotatable bonds is 7. The van der Waals surface area contributed by atoms with Crippen molar-refractivity contribution >= 4 is 27.9 Å². The Morgan fingerprint density at radius 2 is 1.62 bits per heavy atom. The number of carbonyl (C=O) groups excluding carboxylic acids is 2. The standard InChI is InChI=1S/C20H22FN3O4S/c1-3-24(4-2)29(27,28)16-12-9-15(10-13-16)11-14-19(25)22-23-20(26)17-7-5-6-8-18(17)21/h5-14H,3-4H2,1-2H3,(H,22,25)(H,23,26)/b14-11+. The van der Waals surface area contributed by atoms with Crippen LogP contribution in [0.25, 0.3) is 6.08 Å². The maximum absolute atomic E-state index is 13.5. The Kier molecular flexibility index (Phi) is 7.63. The Morgan fingerprint density at radius 3 is 2.21 bits per heavy atom. The summed E-state index contributed by atoms with van der Waals surface area (Å²) in [6, 6.07) is 11.4. The Balaban J connectivity index is 1.97. The lowest BCUT2D eigenvalue weighted by Gasteiger charge is -2.18. The van der Waals surface area contributed by atoms with E-state index in [0.717, 1.165) is 12.1 Å². The maximum Gasteiger partial charge on any atom is 0.272 e. The lowest BCUT2D eigenvalue weighted by atomic mass is 10.2. The van der Waals surface area contributed by atoms with Gasteiger partial charge in [0.15, 0.2) is 0 Å². The number of sulfonamides is 1. The average molecular weight is 419 g/mol. The van der Waals surface area contributed by atoms with Gasteiger partial charge in [-0.1, -0.05) is 38.1 Å². The van der Waals surface area contributed by atoms with E-state index >= 15 is 0 Å². The number of hydrogen-bond donors (Lipinski definition) is 2. The van der Waals surface area contributed by atoms with Gasteiger partial charge in [0.1, 0.15) is 5.82 Å². The minimum Gasteiger partial charge on any atom is -0.268 e. The van der Waals surface area contributed by atoms with Crippen LogP contribution in [-0.2, 0) is 14.8 Å². The van der Waals surface area contributed by atoms with Gasteiger partial charge in [0.25, 0.3) is 11.8 Å². The number of hydrazine groups is 1. The molecule has 0 saturated carbocycles. The monoisotopic (exact) mass is 419 g/mol. The highest BCUT2D eigenvalue weighted by molar-refractivity contribution is 7.89. The zero-order chi connectivity index (χ0) is 21.4. The molecule has 0 unspecified atom stereocenters. The highest BCUT2D eigenvalue weighted by Crippen LogP contribution is 2.16. The Bertz CT molecular complexity index is 1000. The van der Waals surface area contributed by atoms with E-state index in [-0.39, 0.29) is 10.5 Å². The summed E-state index contributed by atoms with van der Waals surface area (Å²) < 4.78 is 39.7. The first kappa shape index (κ1) is 22.3. The average Bonchev–Trinajstić information content (AvgIpc) is 2.71. The molecule has 29 heavy (non-hydrogen) atoms. The molecule has 2 amide bonds. The van der Waals surface area contributed by atoms with Crippen molar-refractivity contribution in [2.45, 2.75) is 18.7 Å². The molecule has 0 saturated heterocycles. The van der Waals surface area contributed by atoms with E-state index in [9.17, 15) is 22.4 Å². The normalized spacial score (nSPS) is 11.6. The van der Waals surface area contributed by atoms with Crippen LogP contribution in [0.3, 0.4) is 0 Å². The molecule has 0 atom stereocenters. The van der Waals surface area contributed by atoms with Crippen LogP contribution in [0.2, 0.25) is 0 Å². The number of nitrogens with zero attached hydrogens (tertiary/aromatic N) is 1. The number of halogens is 1. The van der Waals surface area contributed by atoms with Crippen molar-refractivity contribution in [3.63, 3.8) is 0 Å². The van der Waals surface area contributed by atoms with Crippen LogP contribution in [-0.4, -0.2) is 37.6 Å². The lowest BCUT2D eigenvalue weighted by Crippen LogP contribution is -2.41. The van der Waals surface area contributed by atoms with Crippen molar-refractivity contribution in [1.82, 2.24) is 15.2 Å².